The molecule has 0 atom stereocenters. The van der Waals surface area contributed by atoms with Crippen LogP contribution in [0.2, 0.25) is 0 Å². The number of sulfonamides is 1. The SMILES string of the molecule is CNc1cc(NCCc2ccc(S(N)(=O)=O)cc2)ncn1. The van der Waals surface area contributed by atoms with E-state index in [0.29, 0.717) is 6.54 Å². The first kappa shape index (κ1) is 15.2. The van der Waals surface area contributed by atoms with Crippen molar-refractivity contribution in [2.75, 3.05) is 24.2 Å². The van der Waals surface area contributed by atoms with Crippen LogP contribution < -0.4 is 15.8 Å². The quantitative estimate of drug-likeness (QED) is 0.729. The summed E-state index contributed by atoms with van der Waals surface area (Å²) >= 11 is 0. The lowest BCUT2D eigenvalue weighted by molar-refractivity contribution is 0.598. The molecule has 0 amide bonds. The zero-order chi connectivity index (χ0) is 15.3. The monoisotopic (exact) mass is 307 g/mol. The molecule has 0 aliphatic carbocycles. The van der Waals surface area contributed by atoms with Crippen LogP contribution in [0.15, 0.2) is 41.6 Å². The van der Waals surface area contributed by atoms with Gasteiger partial charge in [-0.15, -0.1) is 0 Å². The first-order valence-corrected chi connectivity index (χ1v) is 7.89. The first-order chi connectivity index (χ1) is 9.99. The Hall–Kier alpha value is -2.19. The average Bonchev–Trinajstić information content (AvgIpc) is 2.47. The smallest absolute Gasteiger partial charge is 0.238 e. The highest BCUT2D eigenvalue weighted by atomic mass is 32.2. The van der Waals surface area contributed by atoms with Crippen molar-refractivity contribution < 1.29 is 8.42 Å². The van der Waals surface area contributed by atoms with Gasteiger partial charge in [0.25, 0.3) is 0 Å². The molecule has 0 unspecified atom stereocenters. The summed E-state index contributed by atoms with van der Waals surface area (Å²) in [5.74, 6) is 1.47. The number of hydrogen-bond donors (Lipinski definition) is 3. The molecule has 7 nitrogen and oxygen atoms in total. The van der Waals surface area contributed by atoms with Crippen LogP contribution >= 0.6 is 0 Å². The molecule has 8 heteroatoms. The number of nitrogens with two attached hydrogens (primary N) is 1. The standard InChI is InChI=1S/C13H17N5O2S/c1-15-12-8-13(18-9-17-12)16-7-6-10-2-4-11(5-3-10)21(14,19)20/h2-5,8-9H,6-7H2,1H3,(H2,14,19,20)(H2,15,16,17,18). The van der Waals surface area contributed by atoms with Gasteiger partial charge in [0.15, 0.2) is 0 Å². The normalized spacial score (nSPS) is 11.1. The minimum atomic E-state index is -3.63. The predicted octanol–water partition coefficient (Wildman–Crippen LogP) is 0.820. The second-order valence-corrected chi connectivity index (χ2v) is 5.97. The molecular weight excluding hydrogens is 290 g/mol. The summed E-state index contributed by atoms with van der Waals surface area (Å²) in [7, 11) is -1.84. The number of rotatable bonds is 6. The summed E-state index contributed by atoms with van der Waals surface area (Å²) in [5, 5.41) is 11.2. The number of nitrogens with one attached hydrogen (secondary N) is 2. The molecule has 1 aromatic heterocycles. The van der Waals surface area contributed by atoms with E-state index in [1.54, 1.807) is 19.2 Å². The van der Waals surface area contributed by atoms with Gasteiger partial charge in [-0.3, -0.25) is 0 Å². The van der Waals surface area contributed by atoms with Crippen molar-refractivity contribution in [3.8, 4) is 0 Å². The fraction of sp³-hybridized carbons (Fsp3) is 0.231. The van der Waals surface area contributed by atoms with Crippen molar-refractivity contribution in [2.24, 2.45) is 5.14 Å². The molecule has 1 aromatic carbocycles. The van der Waals surface area contributed by atoms with Gasteiger partial charge in [-0.2, -0.15) is 0 Å². The van der Waals surface area contributed by atoms with Crippen LogP contribution in [0.25, 0.3) is 0 Å². The van der Waals surface area contributed by atoms with Gasteiger partial charge in [0.05, 0.1) is 4.90 Å². The highest BCUT2D eigenvalue weighted by Gasteiger charge is 2.06. The van der Waals surface area contributed by atoms with Crippen LogP contribution in [-0.4, -0.2) is 32.0 Å². The number of nitrogens with zero attached hydrogens (tertiary/aromatic N) is 2. The molecule has 0 spiro atoms. The van der Waals surface area contributed by atoms with E-state index >= 15 is 0 Å². The zero-order valence-electron chi connectivity index (χ0n) is 11.6. The van der Waals surface area contributed by atoms with Crippen molar-refractivity contribution in [1.82, 2.24) is 9.97 Å². The number of primary sulfonamides is 1. The molecule has 0 saturated carbocycles. The van der Waals surface area contributed by atoms with Gasteiger partial charge in [0.1, 0.15) is 18.0 Å². The minimum Gasteiger partial charge on any atom is -0.373 e. The second kappa shape index (κ2) is 6.51. The Bertz CT molecular complexity index is 701. The van der Waals surface area contributed by atoms with E-state index in [9.17, 15) is 8.42 Å². The Balaban J connectivity index is 1.91. The van der Waals surface area contributed by atoms with E-state index in [-0.39, 0.29) is 4.90 Å². The van der Waals surface area contributed by atoms with Crippen LogP contribution in [0.3, 0.4) is 0 Å². The maximum atomic E-state index is 11.1. The van der Waals surface area contributed by atoms with E-state index in [1.807, 2.05) is 6.07 Å². The van der Waals surface area contributed by atoms with Gasteiger partial charge < -0.3 is 10.6 Å². The molecule has 0 bridgehead atoms. The molecule has 2 aromatic rings. The molecule has 0 saturated heterocycles. The minimum absolute atomic E-state index is 0.119. The Morgan fingerprint density at radius 1 is 1.14 bits per heavy atom. The number of benzene rings is 1. The van der Waals surface area contributed by atoms with Crippen LogP contribution in [-0.2, 0) is 16.4 Å². The Morgan fingerprint density at radius 2 is 1.81 bits per heavy atom. The van der Waals surface area contributed by atoms with Gasteiger partial charge in [-0.05, 0) is 24.1 Å². The van der Waals surface area contributed by atoms with E-state index in [2.05, 4.69) is 20.6 Å². The summed E-state index contributed by atoms with van der Waals surface area (Å²) in [6.45, 7) is 0.675. The molecule has 112 valence electrons. The van der Waals surface area contributed by atoms with Crippen LogP contribution in [0, 0.1) is 0 Å². The largest absolute Gasteiger partial charge is 0.373 e. The van der Waals surface area contributed by atoms with Crippen molar-refractivity contribution in [1.29, 1.82) is 0 Å². The molecule has 4 N–H and O–H groups in total. The van der Waals surface area contributed by atoms with Crippen molar-refractivity contribution in [2.45, 2.75) is 11.3 Å². The van der Waals surface area contributed by atoms with Gasteiger partial charge in [0, 0.05) is 19.7 Å². The molecule has 0 aliphatic heterocycles. The fourth-order valence-corrected chi connectivity index (χ4v) is 2.29. The maximum absolute atomic E-state index is 11.1. The average molecular weight is 307 g/mol. The second-order valence-electron chi connectivity index (χ2n) is 4.40. The number of aromatic nitrogens is 2. The fourth-order valence-electron chi connectivity index (χ4n) is 1.77. The summed E-state index contributed by atoms with van der Waals surface area (Å²) in [6.07, 6.45) is 2.22. The van der Waals surface area contributed by atoms with E-state index < -0.39 is 10.0 Å². The van der Waals surface area contributed by atoms with Gasteiger partial charge in [-0.1, -0.05) is 12.1 Å². The predicted molar refractivity (Wildman–Crippen MR) is 81.6 cm³/mol. The lowest BCUT2D eigenvalue weighted by atomic mass is 10.1. The maximum Gasteiger partial charge on any atom is 0.238 e. The Labute approximate surface area is 123 Å². The lowest BCUT2D eigenvalue weighted by Crippen LogP contribution is -2.12. The number of hydrogen-bond acceptors (Lipinski definition) is 6. The van der Waals surface area contributed by atoms with Crippen molar-refractivity contribution >= 4 is 21.7 Å². The Kier molecular flexibility index (Phi) is 4.71. The third-order valence-electron chi connectivity index (χ3n) is 2.89. The molecule has 0 aliphatic rings. The molecule has 2 rings (SSSR count). The third-order valence-corrected chi connectivity index (χ3v) is 3.82. The van der Waals surface area contributed by atoms with Gasteiger partial charge in [0.2, 0.25) is 10.0 Å². The molecule has 0 radical (unpaired) electrons. The Morgan fingerprint density at radius 3 is 2.43 bits per heavy atom. The summed E-state index contributed by atoms with van der Waals surface area (Å²) in [6, 6.07) is 8.33. The first-order valence-electron chi connectivity index (χ1n) is 6.34. The van der Waals surface area contributed by atoms with Gasteiger partial charge >= 0.3 is 0 Å². The highest BCUT2D eigenvalue weighted by Crippen LogP contribution is 2.10. The summed E-state index contributed by atoms with van der Waals surface area (Å²) < 4.78 is 22.3. The van der Waals surface area contributed by atoms with Crippen LogP contribution in [0.5, 0.6) is 0 Å². The van der Waals surface area contributed by atoms with Gasteiger partial charge in [-0.25, -0.2) is 23.5 Å². The number of anilines is 2. The molecular formula is C13H17N5O2S. The molecule has 0 fully saturated rings. The van der Waals surface area contributed by atoms with E-state index in [1.165, 1.54) is 18.5 Å². The zero-order valence-corrected chi connectivity index (χ0v) is 12.4. The summed E-state index contributed by atoms with van der Waals surface area (Å²) in [4.78, 5) is 8.25. The molecule has 1 heterocycles. The van der Waals surface area contributed by atoms with Crippen molar-refractivity contribution in [3.63, 3.8) is 0 Å². The van der Waals surface area contributed by atoms with Crippen molar-refractivity contribution in [3.05, 3.63) is 42.2 Å². The lowest BCUT2D eigenvalue weighted by Gasteiger charge is -2.07. The van der Waals surface area contributed by atoms with E-state index in [0.717, 1.165) is 23.6 Å². The van der Waals surface area contributed by atoms with Crippen LogP contribution in [0.1, 0.15) is 5.56 Å². The summed E-state index contributed by atoms with van der Waals surface area (Å²) in [5.41, 5.74) is 1.01. The van der Waals surface area contributed by atoms with E-state index in [4.69, 9.17) is 5.14 Å². The van der Waals surface area contributed by atoms with Crippen LogP contribution in [0.4, 0.5) is 11.6 Å². The molecule has 21 heavy (non-hydrogen) atoms. The third kappa shape index (κ3) is 4.40. The highest BCUT2D eigenvalue weighted by molar-refractivity contribution is 7.89. The topological polar surface area (TPSA) is 110 Å².